The Kier molecular flexibility index (Phi) is 7.13. The van der Waals surface area contributed by atoms with Crippen LogP contribution in [0.1, 0.15) is 25.3 Å². The molecule has 0 amide bonds. The molecule has 0 atom stereocenters. The van der Waals surface area contributed by atoms with Crippen molar-refractivity contribution in [2.75, 3.05) is 13.1 Å². The third-order valence-corrected chi connectivity index (χ3v) is 2.93. The van der Waals surface area contributed by atoms with Crippen molar-refractivity contribution in [2.24, 2.45) is 0 Å². The first-order valence-electron chi connectivity index (χ1n) is 6.03. The lowest BCUT2D eigenvalue weighted by Crippen LogP contribution is -2.15. The maximum absolute atomic E-state index is 13.4. The van der Waals surface area contributed by atoms with Crippen LogP contribution >= 0.6 is 15.9 Å². The van der Waals surface area contributed by atoms with Crippen LogP contribution in [0.2, 0.25) is 0 Å². The van der Waals surface area contributed by atoms with Gasteiger partial charge in [-0.05, 0) is 50.0 Å². The molecule has 3 heteroatoms. The number of allylic oxidation sites excluding steroid dienone is 1. The minimum absolute atomic E-state index is 0.145. The second kappa shape index (κ2) is 8.43. The van der Waals surface area contributed by atoms with Crippen LogP contribution in [0, 0.1) is 5.82 Å². The van der Waals surface area contributed by atoms with Crippen molar-refractivity contribution in [3.05, 3.63) is 46.2 Å². The molecule has 0 spiro atoms. The van der Waals surface area contributed by atoms with Crippen molar-refractivity contribution in [2.45, 2.75) is 26.2 Å². The Morgan fingerprint density at radius 2 is 2.12 bits per heavy atom. The number of hydrogen-bond acceptors (Lipinski definition) is 1. The average molecular weight is 300 g/mol. The molecule has 0 bridgehead atoms. The Balaban J connectivity index is 2.27. The van der Waals surface area contributed by atoms with Crippen LogP contribution in [0.25, 0.3) is 0 Å². The largest absolute Gasteiger partial charge is 0.316 e. The topological polar surface area (TPSA) is 12.0 Å². The first kappa shape index (κ1) is 14.4. The maximum Gasteiger partial charge on any atom is 0.127 e. The molecular weight excluding hydrogens is 281 g/mol. The van der Waals surface area contributed by atoms with E-state index < -0.39 is 0 Å². The van der Waals surface area contributed by atoms with Gasteiger partial charge in [0.25, 0.3) is 0 Å². The summed E-state index contributed by atoms with van der Waals surface area (Å²) in [4.78, 5) is 0. The average Bonchev–Trinajstić information content (AvgIpc) is 2.30. The molecule has 0 aliphatic carbocycles. The lowest BCUT2D eigenvalue weighted by molar-refractivity contribution is 0.613. The lowest BCUT2D eigenvalue weighted by Gasteiger charge is -2.00. The van der Waals surface area contributed by atoms with Crippen molar-refractivity contribution in [3.8, 4) is 0 Å². The molecule has 94 valence electrons. The van der Waals surface area contributed by atoms with Gasteiger partial charge in [0.1, 0.15) is 5.82 Å². The van der Waals surface area contributed by atoms with E-state index >= 15 is 0 Å². The number of hydrogen-bond donors (Lipinski definition) is 1. The lowest BCUT2D eigenvalue weighted by atomic mass is 10.1. The molecule has 0 aliphatic heterocycles. The van der Waals surface area contributed by atoms with E-state index in [4.69, 9.17) is 0 Å². The highest BCUT2D eigenvalue weighted by molar-refractivity contribution is 9.10. The molecule has 0 radical (unpaired) electrons. The first-order chi connectivity index (χ1) is 8.24. The van der Waals surface area contributed by atoms with Crippen LogP contribution in [0.15, 0.2) is 34.8 Å². The van der Waals surface area contributed by atoms with Crippen LogP contribution in [0.4, 0.5) is 4.39 Å². The van der Waals surface area contributed by atoms with Crippen LogP contribution in [-0.4, -0.2) is 13.1 Å². The van der Waals surface area contributed by atoms with Gasteiger partial charge in [0.05, 0.1) is 0 Å². The van der Waals surface area contributed by atoms with Crippen LogP contribution < -0.4 is 5.32 Å². The van der Waals surface area contributed by atoms with Gasteiger partial charge < -0.3 is 5.32 Å². The van der Waals surface area contributed by atoms with Gasteiger partial charge in [-0.15, -0.1) is 0 Å². The third kappa shape index (κ3) is 5.99. The molecule has 1 nitrogen and oxygen atoms in total. The van der Waals surface area contributed by atoms with E-state index in [0.29, 0.717) is 6.42 Å². The minimum Gasteiger partial charge on any atom is -0.316 e. The van der Waals surface area contributed by atoms with E-state index in [1.807, 2.05) is 18.2 Å². The number of rotatable bonds is 7. The zero-order valence-corrected chi connectivity index (χ0v) is 11.8. The molecular formula is C14H19BrFN. The molecule has 17 heavy (non-hydrogen) atoms. The number of benzene rings is 1. The van der Waals surface area contributed by atoms with Gasteiger partial charge in [-0.2, -0.15) is 0 Å². The normalized spacial score (nSPS) is 11.2. The maximum atomic E-state index is 13.4. The highest BCUT2D eigenvalue weighted by Gasteiger charge is 1.99. The Hall–Kier alpha value is -0.670. The Morgan fingerprint density at radius 3 is 2.82 bits per heavy atom. The molecule has 0 saturated carbocycles. The Bertz CT molecular complexity index is 363. The van der Waals surface area contributed by atoms with E-state index in [1.54, 1.807) is 0 Å². The van der Waals surface area contributed by atoms with Gasteiger partial charge in [0.2, 0.25) is 0 Å². The molecule has 0 heterocycles. The summed E-state index contributed by atoms with van der Waals surface area (Å²) in [6, 6.07) is 5.19. The van der Waals surface area contributed by atoms with Crippen molar-refractivity contribution >= 4 is 15.9 Å². The second-order valence-corrected chi connectivity index (χ2v) is 4.87. The van der Waals surface area contributed by atoms with E-state index in [-0.39, 0.29) is 5.82 Å². The molecule has 0 unspecified atom stereocenters. The summed E-state index contributed by atoms with van der Waals surface area (Å²) in [6.07, 6.45) is 6.95. The summed E-state index contributed by atoms with van der Waals surface area (Å²) in [5, 5.41) is 3.32. The number of halogens is 2. The molecule has 1 aromatic rings. The van der Waals surface area contributed by atoms with Crippen molar-refractivity contribution in [3.63, 3.8) is 0 Å². The van der Waals surface area contributed by atoms with Crippen LogP contribution in [-0.2, 0) is 6.42 Å². The van der Waals surface area contributed by atoms with E-state index in [9.17, 15) is 4.39 Å². The predicted octanol–water partition coefficient (Wildman–Crippen LogP) is 4.08. The highest BCUT2D eigenvalue weighted by atomic mass is 79.9. The van der Waals surface area contributed by atoms with Gasteiger partial charge in [0.15, 0.2) is 0 Å². The van der Waals surface area contributed by atoms with Crippen molar-refractivity contribution in [1.29, 1.82) is 0 Å². The molecule has 0 aliphatic rings. The van der Waals surface area contributed by atoms with Crippen LogP contribution in [0.3, 0.4) is 0 Å². The van der Waals surface area contributed by atoms with Gasteiger partial charge in [-0.3, -0.25) is 0 Å². The van der Waals surface area contributed by atoms with Gasteiger partial charge >= 0.3 is 0 Å². The molecule has 1 rings (SSSR count). The smallest absolute Gasteiger partial charge is 0.127 e. The van der Waals surface area contributed by atoms with Gasteiger partial charge in [-0.25, -0.2) is 4.39 Å². The summed E-state index contributed by atoms with van der Waals surface area (Å²) in [5.74, 6) is -0.145. The third-order valence-electron chi connectivity index (χ3n) is 2.43. The fourth-order valence-corrected chi connectivity index (χ4v) is 1.84. The molecule has 1 N–H and O–H groups in total. The molecule has 0 fully saturated rings. The SMILES string of the molecule is CCCNCCC=CCc1ccc(Br)cc1F. The molecule has 0 saturated heterocycles. The molecule has 1 aromatic carbocycles. The standard InChI is InChI=1S/C14H19BrFN/c1-2-9-17-10-5-3-4-6-12-7-8-13(15)11-14(12)16/h3-4,7-8,11,17H,2,5-6,9-10H2,1H3. The van der Waals surface area contributed by atoms with E-state index in [0.717, 1.165) is 36.0 Å². The van der Waals surface area contributed by atoms with Crippen molar-refractivity contribution in [1.82, 2.24) is 5.32 Å². The second-order valence-electron chi connectivity index (χ2n) is 3.95. The minimum atomic E-state index is -0.145. The zero-order valence-electron chi connectivity index (χ0n) is 10.2. The van der Waals surface area contributed by atoms with Gasteiger partial charge in [0, 0.05) is 4.47 Å². The Morgan fingerprint density at radius 1 is 1.29 bits per heavy atom. The summed E-state index contributed by atoms with van der Waals surface area (Å²) in [5.41, 5.74) is 0.742. The molecule has 0 aromatic heterocycles. The number of nitrogens with one attached hydrogen (secondary N) is 1. The monoisotopic (exact) mass is 299 g/mol. The Labute approximate surface area is 111 Å². The summed E-state index contributed by atoms with van der Waals surface area (Å²) >= 11 is 3.25. The summed E-state index contributed by atoms with van der Waals surface area (Å²) in [6.45, 7) is 4.21. The van der Waals surface area contributed by atoms with E-state index in [2.05, 4.69) is 34.2 Å². The fourth-order valence-electron chi connectivity index (χ4n) is 1.50. The first-order valence-corrected chi connectivity index (χ1v) is 6.83. The summed E-state index contributed by atoms with van der Waals surface area (Å²) in [7, 11) is 0. The summed E-state index contributed by atoms with van der Waals surface area (Å²) < 4.78 is 14.2. The predicted molar refractivity (Wildman–Crippen MR) is 74.7 cm³/mol. The van der Waals surface area contributed by atoms with Crippen molar-refractivity contribution < 1.29 is 4.39 Å². The highest BCUT2D eigenvalue weighted by Crippen LogP contribution is 2.15. The quantitative estimate of drug-likeness (QED) is 0.591. The van der Waals surface area contributed by atoms with Gasteiger partial charge in [-0.1, -0.05) is 41.1 Å². The fraction of sp³-hybridized carbons (Fsp3) is 0.429. The van der Waals surface area contributed by atoms with E-state index in [1.165, 1.54) is 6.07 Å². The zero-order chi connectivity index (χ0) is 12.5. The van der Waals surface area contributed by atoms with Crippen LogP contribution in [0.5, 0.6) is 0 Å².